The largest absolute Gasteiger partial charge is 0.314 e. The van der Waals surface area contributed by atoms with Gasteiger partial charge in [0.1, 0.15) is 0 Å². The predicted octanol–water partition coefficient (Wildman–Crippen LogP) is 3.37. The summed E-state index contributed by atoms with van der Waals surface area (Å²) in [5.41, 5.74) is 0. The van der Waals surface area contributed by atoms with Crippen LogP contribution in [0.5, 0.6) is 0 Å². The highest BCUT2D eigenvalue weighted by Crippen LogP contribution is 2.21. The predicted molar refractivity (Wildman–Crippen MR) is 85.6 cm³/mol. The van der Waals surface area contributed by atoms with Gasteiger partial charge in [0.05, 0.1) is 10.8 Å². The van der Waals surface area contributed by atoms with Gasteiger partial charge in [0.15, 0.2) is 0 Å². The Labute approximate surface area is 123 Å². The highest BCUT2D eigenvalue weighted by atomic mass is 35.5. The van der Waals surface area contributed by atoms with E-state index in [0.717, 1.165) is 22.2 Å². The highest BCUT2D eigenvalue weighted by Gasteiger charge is 2.07. The number of hydrogen-bond donors (Lipinski definition) is 1. The van der Waals surface area contributed by atoms with Gasteiger partial charge in [0.25, 0.3) is 0 Å². The van der Waals surface area contributed by atoms with E-state index in [1.54, 1.807) is 0 Å². The quantitative estimate of drug-likeness (QED) is 0.917. The molecule has 0 radical (unpaired) electrons. The lowest BCUT2D eigenvalue weighted by Gasteiger charge is -2.09. The summed E-state index contributed by atoms with van der Waals surface area (Å²) >= 11 is 0. The van der Waals surface area contributed by atoms with Crippen LogP contribution in [0.25, 0.3) is 10.8 Å². The van der Waals surface area contributed by atoms with Crippen molar-refractivity contribution < 1.29 is 4.21 Å². The maximum Gasteiger partial charge on any atom is 0.0548 e. The molecule has 0 bridgehead atoms. The van der Waals surface area contributed by atoms with Crippen LogP contribution < -0.4 is 5.32 Å². The summed E-state index contributed by atoms with van der Waals surface area (Å²) in [6.45, 7) is 4.98. The van der Waals surface area contributed by atoms with Crippen LogP contribution in [0.2, 0.25) is 0 Å². The fourth-order valence-corrected chi connectivity index (χ4v) is 3.13. The average molecular weight is 298 g/mol. The second-order valence-electron chi connectivity index (χ2n) is 4.64. The molecule has 0 spiro atoms. The second-order valence-corrected chi connectivity index (χ2v) is 6.17. The van der Waals surface area contributed by atoms with Crippen molar-refractivity contribution in [3.05, 3.63) is 42.5 Å². The van der Waals surface area contributed by atoms with Gasteiger partial charge in [-0.2, -0.15) is 0 Å². The Kier molecular flexibility index (Phi) is 6.49. The third kappa shape index (κ3) is 4.30. The van der Waals surface area contributed by atoms with Gasteiger partial charge >= 0.3 is 0 Å². The molecule has 1 atom stereocenters. The molecule has 2 nitrogen and oxygen atoms in total. The zero-order valence-electron chi connectivity index (χ0n) is 11.3. The van der Waals surface area contributed by atoms with E-state index in [0.29, 0.717) is 11.8 Å². The lowest BCUT2D eigenvalue weighted by Crippen LogP contribution is -2.27. The van der Waals surface area contributed by atoms with Gasteiger partial charge in [-0.15, -0.1) is 12.4 Å². The number of nitrogens with one attached hydrogen (secondary N) is 1. The van der Waals surface area contributed by atoms with E-state index < -0.39 is 10.8 Å². The van der Waals surface area contributed by atoms with Gasteiger partial charge in [0.2, 0.25) is 0 Å². The highest BCUT2D eigenvalue weighted by molar-refractivity contribution is 7.85. The smallest absolute Gasteiger partial charge is 0.0548 e. The van der Waals surface area contributed by atoms with Crippen molar-refractivity contribution in [1.29, 1.82) is 0 Å². The lowest BCUT2D eigenvalue weighted by atomic mass is 10.1. The van der Waals surface area contributed by atoms with Crippen LogP contribution >= 0.6 is 12.4 Å². The minimum absolute atomic E-state index is 0. The molecule has 4 heteroatoms. The first-order valence-electron chi connectivity index (χ1n) is 6.28. The van der Waals surface area contributed by atoms with Gasteiger partial charge in [-0.05, 0) is 16.8 Å². The van der Waals surface area contributed by atoms with E-state index in [1.807, 2.05) is 30.3 Å². The molecule has 2 rings (SSSR count). The summed E-state index contributed by atoms with van der Waals surface area (Å²) < 4.78 is 12.3. The Hall–Kier alpha value is -0.900. The van der Waals surface area contributed by atoms with E-state index in [2.05, 4.69) is 31.3 Å². The topological polar surface area (TPSA) is 29.1 Å². The van der Waals surface area contributed by atoms with E-state index >= 15 is 0 Å². The van der Waals surface area contributed by atoms with Crippen molar-refractivity contribution in [3.63, 3.8) is 0 Å². The maximum absolute atomic E-state index is 12.3. The third-order valence-corrected chi connectivity index (χ3v) is 4.26. The van der Waals surface area contributed by atoms with E-state index in [-0.39, 0.29) is 12.4 Å². The third-order valence-electron chi connectivity index (χ3n) is 2.83. The van der Waals surface area contributed by atoms with Crippen LogP contribution in [0.1, 0.15) is 13.8 Å². The molecule has 19 heavy (non-hydrogen) atoms. The molecular weight excluding hydrogens is 278 g/mol. The van der Waals surface area contributed by atoms with Crippen LogP contribution in [0, 0.1) is 0 Å². The van der Waals surface area contributed by atoms with Crippen molar-refractivity contribution in [2.75, 3.05) is 12.3 Å². The first kappa shape index (κ1) is 16.2. The Morgan fingerprint density at radius 2 is 1.79 bits per heavy atom. The molecular formula is C15H20ClNOS. The van der Waals surface area contributed by atoms with Crippen molar-refractivity contribution in [2.24, 2.45) is 0 Å². The summed E-state index contributed by atoms with van der Waals surface area (Å²) in [6.07, 6.45) is 0. The SMILES string of the molecule is CC(C)NCCS(=O)c1cccc2ccccc12.Cl. The molecule has 0 saturated carbocycles. The maximum atomic E-state index is 12.3. The first-order valence-corrected chi connectivity index (χ1v) is 7.60. The van der Waals surface area contributed by atoms with Crippen LogP contribution in [0.3, 0.4) is 0 Å². The molecule has 0 saturated heterocycles. The molecule has 0 fully saturated rings. The molecule has 0 amide bonds. The number of benzene rings is 2. The van der Waals surface area contributed by atoms with Gasteiger partial charge in [0, 0.05) is 23.2 Å². The number of rotatable bonds is 5. The summed E-state index contributed by atoms with van der Waals surface area (Å²) in [4.78, 5) is 0.943. The van der Waals surface area contributed by atoms with E-state index in [1.165, 1.54) is 0 Å². The molecule has 0 heterocycles. The Bertz CT molecular complexity index is 551. The van der Waals surface area contributed by atoms with Crippen LogP contribution in [-0.4, -0.2) is 22.5 Å². The monoisotopic (exact) mass is 297 g/mol. The Morgan fingerprint density at radius 1 is 1.11 bits per heavy atom. The minimum atomic E-state index is -0.937. The normalized spacial score (nSPS) is 12.4. The van der Waals surface area contributed by atoms with Gasteiger partial charge in [-0.25, -0.2) is 0 Å². The Morgan fingerprint density at radius 3 is 2.53 bits per heavy atom. The van der Waals surface area contributed by atoms with Crippen LogP contribution in [0.4, 0.5) is 0 Å². The zero-order valence-corrected chi connectivity index (χ0v) is 12.9. The molecule has 0 aliphatic rings. The number of fused-ring (bicyclic) bond motifs is 1. The molecule has 2 aromatic carbocycles. The summed E-state index contributed by atoms with van der Waals surface area (Å²) in [5, 5.41) is 5.55. The zero-order chi connectivity index (χ0) is 13.0. The first-order chi connectivity index (χ1) is 8.68. The standard InChI is InChI=1S/C15H19NOS.ClH/c1-12(2)16-10-11-18(17)15-9-5-7-13-6-3-4-8-14(13)15;/h3-9,12,16H,10-11H2,1-2H3;1H. The van der Waals surface area contributed by atoms with E-state index in [4.69, 9.17) is 0 Å². The van der Waals surface area contributed by atoms with Crippen molar-refractivity contribution >= 4 is 34.0 Å². The van der Waals surface area contributed by atoms with Crippen molar-refractivity contribution in [3.8, 4) is 0 Å². The molecule has 0 aliphatic heterocycles. The van der Waals surface area contributed by atoms with Crippen LogP contribution in [-0.2, 0) is 10.8 Å². The summed E-state index contributed by atoms with van der Waals surface area (Å²) in [5.74, 6) is 0.659. The van der Waals surface area contributed by atoms with E-state index in [9.17, 15) is 4.21 Å². The molecule has 104 valence electrons. The molecule has 0 aliphatic carbocycles. The van der Waals surface area contributed by atoms with Crippen molar-refractivity contribution in [2.45, 2.75) is 24.8 Å². The second kappa shape index (κ2) is 7.63. The average Bonchev–Trinajstić information content (AvgIpc) is 2.37. The molecule has 1 unspecified atom stereocenters. The van der Waals surface area contributed by atoms with Gasteiger partial charge < -0.3 is 5.32 Å². The summed E-state index contributed by atoms with van der Waals surface area (Å²) in [6, 6.07) is 14.5. The number of hydrogen-bond acceptors (Lipinski definition) is 2. The van der Waals surface area contributed by atoms with Gasteiger partial charge in [-0.3, -0.25) is 4.21 Å². The lowest BCUT2D eigenvalue weighted by molar-refractivity contribution is 0.610. The summed E-state index contributed by atoms with van der Waals surface area (Å²) in [7, 11) is -0.937. The van der Waals surface area contributed by atoms with Crippen molar-refractivity contribution in [1.82, 2.24) is 5.32 Å². The number of halogens is 1. The molecule has 0 aromatic heterocycles. The molecule has 1 N–H and O–H groups in total. The molecule has 2 aromatic rings. The fourth-order valence-electron chi connectivity index (χ4n) is 1.94. The van der Waals surface area contributed by atoms with Crippen LogP contribution in [0.15, 0.2) is 47.4 Å². The van der Waals surface area contributed by atoms with Gasteiger partial charge in [-0.1, -0.05) is 50.2 Å². The Balaban J connectivity index is 0.00000180. The minimum Gasteiger partial charge on any atom is -0.314 e. The fraction of sp³-hybridized carbons (Fsp3) is 0.333.